The number of hydrogen-bond donors (Lipinski definition) is 0. The highest BCUT2D eigenvalue weighted by atomic mass is 15.2. The van der Waals surface area contributed by atoms with Gasteiger partial charge in [-0.3, -0.25) is 4.90 Å². The summed E-state index contributed by atoms with van der Waals surface area (Å²) in [6.07, 6.45) is 3.18. The van der Waals surface area contributed by atoms with E-state index in [-0.39, 0.29) is 0 Å². The molecule has 1 aliphatic rings. The lowest BCUT2D eigenvalue weighted by Gasteiger charge is -2.11. The minimum Gasteiger partial charge on any atom is -0.298 e. The Morgan fingerprint density at radius 3 is 3.10 bits per heavy atom. The molecule has 1 saturated heterocycles. The van der Waals surface area contributed by atoms with Gasteiger partial charge in [0.15, 0.2) is 0 Å². The first-order valence-corrected chi connectivity index (χ1v) is 3.79. The van der Waals surface area contributed by atoms with Crippen molar-refractivity contribution in [3.63, 3.8) is 0 Å². The van der Waals surface area contributed by atoms with E-state index >= 15 is 0 Å². The van der Waals surface area contributed by atoms with E-state index in [9.17, 15) is 0 Å². The quantitative estimate of drug-likeness (QED) is 0.520. The third kappa shape index (κ3) is 1.82. The summed E-state index contributed by atoms with van der Waals surface area (Å²) in [7, 11) is 1.90. The molecule has 2 heteroatoms. The lowest BCUT2D eigenvalue weighted by atomic mass is 10.3. The summed E-state index contributed by atoms with van der Waals surface area (Å²) in [5.41, 5.74) is 0. The van der Waals surface area contributed by atoms with E-state index in [0.29, 0.717) is 6.04 Å². The van der Waals surface area contributed by atoms with Gasteiger partial charge in [-0.15, -0.1) is 6.58 Å². The van der Waals surface area contributed by atoms with Crippen molar-refractivity contribution in [1.82, 2.24) is 10.2 Å². The highest BCUT2D eigenvalue weighted by Gasteiger charge is 2.19. The molecule has 1 fully saturated rings. The summed E-state index contributed by atoms with van der Waals surface area (Å²) >= 11 is 0. The van der Waals surface area contributed by atoms with Gasteiger partial charge in [-0.1, -0.05) is 6.08 Å². The van der Waals surface area contributed by atoms with E-state index in [1.165, 1.54) is 13.0 Å². The van der Waals surface area contributed by atoms with Crippen molar-refractivity contribution >= 4 is 0 Å². The Labute approximate surface area is 62.9 Å². The second-order valence-electron chi connectivity index (χ2n) is 2.75. The second-order valence-corrected chi connectivity index (χ2v) is 2.75. The molecule has 0 aromatic heterocycles. The molecule has 10 heavy (non-hydrogen) atoms. The molecule has 1 unspecified atom stereocenters. The van der Waals surface area contributed by atoms with E-state index in [1.807, 2.05) is 13.1 Å². The van der Waals surface area contributed by atoms with Gasteiger partial charge in [0.1, 0.15) is 0 Å². The molecule has 0 bridgehead atoms. The number of likely N-dealkylation sites (tertiary alicyclic amines) is 1. The van der Waals surface area contributed by atoms with E-state index < -0.39 is 0 Å². The average molecular weight is 139 g/mol. The van der Waals surface area contributed by atoms with Gasteiger partial charge >= 0.3 is 0 Å². The third-order valence-corrected chi connectivity index (χ3v) is 2.00. The van der Waals surface area contributed by atoms with Crippen LogP contribution in [0.5, 0.6) is 0 Å². The van der Waals surface area contributed by atoms with Crippen LogP contribution in [-0.4, -0.2) is 37.6 Å². The van der Waals surface area contributed by atoms with Crippen LogP contribution in [0.4, 0.5) is 0 Å². The molecular weight excluding hydrogens is 124 g/mol. The zero-order valence-electron chi connectivity index (χ0n) is 6.58. The molecule has 57 valence electrons. The van der Waals surface area contributed by atoms with Crippen LogP contribution in [0.15, 0.2) is 12.7 Å². The molecule has 2 nitrogen and oxygen atoms in total. The summed E-state index contributed by atoms with van der Waals surface area (Å²) in [5, 5.41) is 4.24. The summed E-state index contributed by atoms with van der Waals surface area (Å²) < 4.78 is 0. The van der Waals surface area contributed by atoms with Crippen molar-refractivity contribution in [1.29, 1.82) is 0 Å². The highest BCUT2D eigenvalue weighted by molar-refractivity contribution is 4.83. The average Bonchev–Trinajstić information content (AvgIpc) is 2.37. The Hall–Kier alpha value is -0.340. The van der Waals surface area contributed by atoms with Crippen molar-refractivity contribution in [2.24, 2.45) is 0 Å². The minimum absolute atomic E-state index is 0.583. The van der Waals surface area contributed by atoms with E-state index in [4.69, 9.17) is 0 Å². The predicted octanol–water partition coefficient (Wildman–Crippen LogP) is 0.481. The maximum atomic E-state index is 4.24. The van der Waals surface area contributed by atoms with Crippen molar-refractivity contribution in [3.8, 4) is 0 Å². The van der Waals surface area contributed by atoms with Crippen LogP contribution in [0.2, 0.25) is 0 Å². The molecule has 1 aliphatic heterocycles. The summed E-state index contributed by atoms with van der Waals surface area (Å²) in [5.74, 6) is 0. The van der Waals surface area contributed by atoms with Gasteiger partial charge in [0.05, 0.1) is 0 Å². The molecule has 0 aromatic carbocycles. The van der Waals surface area contributed by atoms with Crippen molar-refractivity contribution in [2.75, 3.05) is 26.7 Å². The van der Waals surface area contributed by atoms with E-state index in [2.05, 4.69) is 16.8 Å². The first-order chi connectivity index (χ1) is 4.86. The molecule has 0 spiro atoms. The fraction of sp³-hybridized carbons (Fsp3) is 0.750. The number of hydrogen-bond acceptors (Lipinski definition) is 1. The Morgan fingerprint density at radius 2 is 2.60 bits per heavy atom. The van der Waals surface area contributed by atoms with Crippen molar-refractivity contribution in [3.05, 3.63) is 12.7 Å². The molecule has 0 N–H and O–H groups in total. The van der Waals surface area contributed by atoms with Crippen LogP contribution in [0.1, 0.15) is 6.42 Å². The third-order valence-electron chi connectivity index (χ3n) is 2.00. The monoisotopic (exact) mass is 139 g/mol. The maximum absolute atomic E-state index is 4.24. The van der Waals surface area contributed by atoms with Gasteiger partial charge in [0, 0.05) is 32.7 Å². The summed E-state index contributed by atoms with van der Waals surface area (Å²) in [6.45, 7) is 7.04. The van der Waals surface area contributed by atoms with Gasteiger partial charge in [-0.2, -0.15) is 0 Å². The number of likely N-dealkylation sites (N-methyl/N-ethyl adjacent to an activating group) is 1. The molecule has 0 aliphatic carbocycles. The van der Waals surface area contributed by atoms with Crippen molar-refractivity contribution in [2.45, 2.75) is 12.5 Å². The molecule has 1 rings (SSSR count). The molecule has 0 amide bonds. The molecular formula is C8H15N2. The van der Waals surface area contributed by atoms with Crippen LogP contribution < -0.4 is 5.32 Å². The zero-order chi connectivity index (χ0) is 7.40. The smallest absolute Gasteiger partial charge is 0.0382 e. The first-order valence-electron chi connectivity index (χ1n) is 3.79. The second kappa shape index (κ2) is 3.74. The van der Waals surface area contributed by atoms with Crippen LogP contribution in [-0.2, 0) is 0 Å². The first kappa shape index (κ1) is 7.76. The molecule has 1 atom stereocenters. The van der Waals surface area contributed by atoms with Crippen LogP contribution in [0, 0.1) is 0 Å². The zero-order valence-corrected chi connectivity index (χ0v) is 6.58. The summed E-state index contributed by atoms with van der Waals surface area (Å²) in [6, 6.07) is 0.583. The lowest BCUT2D eigenvalue weighted by molar-refractivity contribution is 0.365. The van der Waals surface area contributed by atoms with E-state index in [0.717, 1.165) is 13.1 Å². The van der Waals surface area contributed by atoms with Crippen LogP contribution in [0.3, 0.4) is 0 Å². The van der Waals surface area contributed by atoms with Crippen LogP contribution >= 0.6 is 0 Å². The summed E-state index contributed by atoms with van der Waals surface area (Å²) in [4.78, 5) is 2.38. The fourth-order valence-electron chi connectivity index (χ4n) is 1.37. The Bertz CT molecular complexity index is 112. The largest absolute Gasteiger partial charge is 0.298 e. The lowest BCUT2D eigenvalue weighted by Crippen LogP contribution is -2.25. The maximum Gasteiger partial charge on any atom is 0.0382 e. The molecule has 1 radical (unpaired) electrons. The normalized spacial score (nSPS) is 27.1. The van der Waals surface area contributed by atoms with E-state index in [1.54, 1.807) is 0 Å². The predicted molar refractivity (Wildman–Crippen MR) is 43.1 cm³/mol. The Balaban J connectivity index is 2.21. The molecule has 0 saturated carbocycles. The Morgan fingerprint density at radius 1 is 1.80 bits per heavy atom. The standard InChI is InChI=1S/C8H15N2/c1-3-5-10-6-4-8(7-10)9-2/h3,8H,1,4-7H2,2H3. The van der Waals surface area contributed by atoms with Gasteiger partial charge in [-0.05, 0) is 6.42 Å². The fourth-order valence-corrected chi connectivity index (χ4v) is 1.37. The molecule has 0 aromatic rings. The number of nitrogens with zero attached hydrogens (tertiary/aromatic N) is 2. The SMILES string of the molecule is C=CCN1CCC([N]C)C1. The van der Waals surface area contributed by atoms with Gasteiger partial charge in [0.2, 0.25) is 0 Å². The topological polar surface area (TPSA) is 17.3 Å². The highest BCUT2D eigenvalue weighted by Crippen LogP contribution is 2.08. The van der Waals surface area contributed by atoms with Gasteiger partial charge < -0.3 is 0 Å². The number of rotatable bonds is 3. The Kier molecular flexibility index (Phi) is 2.90. The van der Waals surface area contributed by atoms with Gasteiger partial charge in [0.25, 0.3) is 0 Å². The van der Waals surface area contributed by atoms with Gasteiger partial charge in [-0.25, -0.2) is 5.32 Å². The van der Waals surface area contributed by atoms with Crippen molar-refractivity contribution < 1.29 is 0 Å². The van der Waals surface area contributed by atoms with Crippen LogP contribution in [0.25, 0.3) is 0 Å². The minimum atomic E-state index is 0.583. The molecule has 1 heterocycles.